The average Bonchev–Trinajstić information content (AvgIpc) is 2.89. The number of rotatable bonds is 5. The van der Waals surface area contributed by atoms with Gasteiger partial charge in [-0.25, -0.2) is 0 Å². The Morgan fingerprint density at radius 3 is 2.36 bits per heavy atom. The Hall–Kier alpha value is -1.64. The summed E-state index contributed by atoms with van der Waals surface area (Å²) in [5.74, 6) is 0. The van der Waals surface area contributed by atoms with Gasteiger partial charge >= 0.3 is 0 Å². The molecule has 116 valence electrons. The molecule has 1 aliphatic carbocycles. The molecular weight excluding hydrogens is 268 g/mol. The summed E-state index contributed by atoms with van der Waals surface area (Å²) in [6.07, 6.45) is 1.08. The maximum Gasteiger partial charge on any atom is 0.0236 e. The number of nitrogens with zero attached hydrogens (tertiary/aromatic N) is 2. The molecule has 2 aromatic rings. The van der Waals surface area contributed by atoms with Crippen LogP contribution in [0.25, 0.3) is 11.1 Å². The molecule has 0 bridgehead atoms. The molecular formula is C20H26N2. The highest BCUT2D eigenvalue weighted by atomic mass is 15.1. The molecule has 2 aromatic carbocycles. The molecule has 0 spiro atoms. The summed E-state index contributed by atoms with van der Waals surface area (Å²) in [7, 11) is 6.49. The van der Waals surface area contributed by atoms with E-state index in [-0.39, 0.29) is 0 Å². The first-order chi connectivity index (χ1) is 10.6. The SMILES string of the molecule is CCN(C)Cc1ccc(CN(C)C)c2c1-c1ccccc1C2. The summed E-state index contributed by atoms with van der Waals surface area (Å²) in [5, 5.41) is 0. The predicted molar refractivity (Wildman–Crippen MR) is 94.1 cm³/mol. The third-order valence-corrected chi connectivity index (χ3v) is 4.62. The summed E-state index contributed by atoms with van der Waals surface area (Å²) in [4.78, 5) is 4.64. The zero-order valence-electron chi connectivity index (χ0n) is 14.2. The van der Waals surface area contributed by atoms with Crippen LogP contribution >= 0.6 is 0 Å². The summed E-state index contributed by atoms with van der Waals surface area (Å²) in [5.41, 5.74) is 8.89. The van der Waals surface area contributed by atoms with E-state index in [1.165, 1.54) is 33.4 Å². The molecule has 0 unspecified atom stereocenters. The first kappa shape index (κ1) is 15.3. The summed E-state index contributed by atoms with van der Waals surface area (Å²) < 4.78 is 0. The van der Waals surface area contributed by atoms with Crippen molar-refractivity contribution in [2.45, 2.75) is 26.4 Å². The van der Waals surface area contributed by atoms with Gasteiger partial charge < -0.3 is 9.80 Å². The lowest BCUT2D eigenvalue weighted by molar-refractivity contribution is 0.346. The zero-order chi connectivity index (χ0) is 15.7. The number of benzene rings is 2. The van der Waals surface area contributed by atoms with Gasteiger partial charge in [0.05, 0.1) is 0 Å². The van der Waals surface area contributed by atoms with Crippen molar-refractivity contribution in [1.29, 1.82) is 0 Å². The van der Waals surface area contributed by atoms with Gasteiger partial charge in [-0.3, -0.25) is 0 Å². The molecule has 0 saturated heterocycles. The lowest BCUT2D eigenvalue weighted by Gasteiger charge is -2.20. The first-order valence-corrected chi connectivity index (χ1v) is 8.15. The van der Waals surface area contributed by atoms with Crippen LogP contribution in [0.4, 0.5) is 0 Å². The van der Waals surface area contributed by atoms with Gasteiger partial charge in [0.15, 0.2) is 0 Å². The van der Waals surface area contributed by atoms with Gasteiger partial charge in [0.1, 0.15) is 0 Å². The number of hydrogen-bond donors (Lipinski definition) is 0. The van der Waals surface area contributed by atoms with Gasteiger partial charge in [0.25, 0.3) is 0 Å². The van der Waals surface area contributed by atoms with E-state index in [2.05, 4.69) is 74.3 Å². The standard InChI is InChI=1S/C20H26N2/c1-5-22(4)14-17-11-10-16(13-21(2)3)19-12-15-8-6-7-9-18(15)20(17)19/h6-11H,5,12-14H2,1-4H3. The Morgan fingerprint density at radius 1 is 0.909 bits per heavy atom. The summed E-state index contributed by atoms with van der Waals surface area (Å²) in [6, 6.07) is 13.6. The maximum absolute atomic E-state index is 2.38. The van der Waals surface area contributed by atoms with Gasteiger partial charge in [0.2, 0.25) is 0 Å². The van der Waals surface area contributed by atoms with Crippen LogP contribution in [0.5, 0.6) is 0 Å². The second kappa shape index (κ2) is 6.23. The van der Waals surface area contributed by atoms with E-state index in [1.807, 2.05) is 0 Å². The van der Waals surface area contributed by atoms with E-state index in [0.717, 1.165) is 26.1 Å². The fourth-order valence-electron chi connectivity index (χ4n) is 3.41. The Bertz CT molecular complexity index is 673. The third kappa shape index (κ3) is 2.81. The van der Waals surface area contributed by atoms with Crippen LogP contribution in [0, 0.1) is 0 Å². The van der Waals surface area contributed by atoms with Crippen molar-refractivity contribution in [3.63, 3.8) is 0 Å². The van der Waals surface area contributed by atoms with Crippen molar-refractivity contribution >= 4 is 0 Å². The molecule has 0 heterocycles. The number of fused-ring (bicyclic) bond motifs is 3. The van der Waals surface area contributed by atoms with Gasteiger partial charge in [-0.15, -0.1) is 0 Å². The molecule has 0 fully saturated rings. The molecule has 22 heavy (non-hydrogen) atoms. The van der Waals surface area contributed by atoms with Gasteiger partial charge in [0, 0.05) is 13.1 Å². The van der Waals surface area contributed by atoms with Crippen molar-refractivity contribution < 1.29 is 0 Å². The summed E-state index contributed by atoms with van der Waals surface area (Å²) in [6.45, 7) is 5.33. The van der Waals surface area contributed by atoms with E-state index in [4.69, 9.17) is 0 Å². The van der Waals surface area contributed by atoms with E-state index < -0.39 is 0 Å². The lowest BCUT2D eigenvalue weighted by atomic mass is 9.95. The van der Waals surface area contributed by atoms with Crippen molar-refractivity contribution in [2.75, 3.05) is 27.7 Å². The van der Waals surface area contributed by atoms with E-state index in [9.17, 15) is 0 Å². The molecule has 0 saturated carbocycles. The quantitative estimate of drug-likeness (QED) is 0.707. The highest BCUT2D eigenvalue weighted by Crippen LogP contribution is 2.41. The molecule has 0 aromatic heterocycles. The Kier molecular flexibility index (Phi) is 4.32. The zero-order valence-corrected chi connectivity index (χ0v) is 14.2. The van der Waals surface area contributed by atoms with Crippen molar-refractivity contribution in [3.8, 4) is 11.1 Å². The van der Waals surface area contributed by atoms with Crippen molar-refractivity contribution in [2.24, 2.45) is 0 Å². The van der Waals surface area contributed by atoms with Crippen molar-refractivity contribution in [3.05, 3.63) is 58.7 Å². The first-order valence-electron chi connectivity index (χ1n) is 8.15. The molecule has 0 amide bonds. The Balaban J connectivity index is 2.10. The topological polar surface area (TPSA) is 6.48 Å². The van der Waals surface area contributed by atoms with Crippen molar-refractivity contribution in [1.82, 2.24) is 9.80 Å². The Labute approximate surface area is 134 Å². The van der Waals surface area contributed by atoms with Gasteiger partial charge in [-0.2, -0.15) is 0 Å². The molecule has 2 heteroatoms. The van der Waals surface area contributed by atoms with Crippen LogP contribution in [0.3, 0.4) is 0 Å². The molecule has 0 N–H and O–H groups in total. The minimum absolute atomic E-state index is 1.01. The molecule has 1 aliphatic rings. The number of hydrogen-bond acceptors (Lipinski definition) is 2. The highest BCUT2D eigenvalue weighted by Gasteiger charge is 2.24. The van der Waals surface area contributed by atoms with Crippen LogP contribution in [0.1, 0.15) is 29.2 Å². The van der Waals surface area contributed by atoms with E-state index >= 15 is 0 Å². The van der Waals surface area contributed by atoms with E-state index in [1.54, 1.807) is 0 Å². The highest BCUT2D eigenvalue weighted by molar-refractivity contribution is 5.80. The minimum atomic E-state index is 1.01. The van der Waals surface area contributed by atoms with Gasteiger partial charge in [-0.1, -0.05) is 43.3 Å². The second-order valence-electron chi connectivity index (χ2n) is 6.64. The molecule has 0 radical (unpaired) electrons. The maximum atomic E-state index is 2.38. The van der Waals surface area contributed by atoms with Crippen LogP contribution in [0.15, 0.2) is 36.4 Å². The molecule has 3 rings (SSSR count). The van der Waals surface area contributed by atoms with Crippen LogP contribution in [-0.2, 0) is 19.5 Å². The summed E-state index contributed by atoms with van der Waals surface area (Å²) >= 11 is 0. The second-order valence-corrected chi connectivity index (χ2v) is 6.64. The normalized spacial score (nSPS) is 12.8. The van der Waals surface area contributed by atoms with Crippen LogP contribution in [0.2, 0.25) is 0 Å². The lowest BCUT2D eigenvalue weighted by Crippen LogP contribution is -2.18. The molecule has 2 nitrogen and oxygen atoms in total. The van der Waals surface area contributed by atoms with Crippen LogP contribution < -0.4 is 0 Å². The van der Waals surface area contributed by atoms with Crippen LogP contribution in [-0.4, -0.2) is 37.5 Å². The van der Waals surface area contributed by atoms with Gasteiger partial charge in [-0.05, 0) is 67.5 Å². The Morgan fingerprint density at radius 2 is 1.64 bits per heavy atom. The third-order valence-electron chi connectivity index (χ3n) is 4.62. The predicted octanol–water partition coefficient (Wildman–Crippen LogP) is 3.77. The molecule has 0 atom stereocenters. The fourth-order valence-corrected chi connectivity index (χ4v) is 3.41. The monoisotopic (exact) mass is 294 g/mol. The smallest absolute Gasteiger partial charge is 0.0236 e. The minimum Gasteiger partial charge on any atom is -0.305 e. The van der Waals surface area contributed by atoms with E-state index in [0.29, 0.717) is 0 Å². The largest absolute Gasteiger partial charge is 0.305 e. The average molecular weight is 294 g/mol. The molecule has 0 aliphatic heterocycles. The fraction of sp³-hybridized carbons (Fsp3) is 0.400.